The van der Waals surface area contributed by atoms with Crippen LogP contribution in [0.4, 0.5) is 5.69 Å². The van der Waals surface area contributed by atoms with Crippen LogP contribution in [0, 0.1) is 0 Å². The van der Waals surface area contributed by atoms with E-state index in [2.05, 4.69) is 6.08 Å². The SMILES string of the molecule is CCC(O)COc1ccc(N2CC3=C(CC(c4ccc(Cl)cc4)=C3)C2=O)cc1OC. The van der Waals surface area contributed by atoms with Crippen molar-refractivity contribution in [1.82, 2.24) is 0 Å². The molecule has 0 spiro atoms. The van der Waals surface area contributed by atoms with E-state index in [0.717, 1.165) is 28.0 Å². The summed E-state index contributed by atoms with van der Waals surface area (Å²) in [5.74, 6) is 1.10. The topological polar surface area (TPSA) is 59.0 Å². The average Bonchev–Trinajstić information content (AvgIpc) is 3.31. The Morgan fingerprint density at radius 1 is 1.17 bits per heavy atom. The maximum Gasteiger partial charge on any atom is 0.255 e. The third-order valence-corrected chi connectivity index (χ3v) is 5.76. The number of anilines is 1. The van der Waals surface area contributed by atoms with Gasteiger partial charge < -0.3 is 19.5 Å². The predicted octanol–water partition coefficient (Wildman–Crippen LogP) is 4.63. The highest BCUT2D eigenvalue weighted by molar-refractivity contribution is 6.30. The molecule has 0 fully saturated rings. The molecule has 1 amide bonds. The van der Waals surface area contributed by atoms with Crippen molar-refractivity contribution < 1.29 is 19.4 Å². The number of halogens is 1. The zero-order chi connectivity index (χ0) is 21.3. The summed E-state index contributed by atoms with van der Waals surface area (Å²) >= 11 is 5.98. The van der Waals surface area contributed by atoms with Crippen LogP contribution in [0.2, 0.25) is 5.02 Å². The van der Waals surface area contributed by atoms with E-state index in [-0.39, 0.29) is 12.5 Å². The van der Waals surface area contributed by atoms with Gasteiger partial charge in [0, 0.05) is 28.8 Å². The number of rotatable bonds is 7. The third kappa shape index (κ3) is 3.95. The number of methoxy groups -OCH3 is 1. The number of ether oxygens (including phenoxy) is 2. The van der Waals surface area contributed by atoms with Crippen LogP contribution < -0.4 is 14.4 Å². The highest BCUT2D eigenvalue weighted by Crippen LogP contribution is 2.41. The Morgan fingerprint density at radius 2 is 1.93 bits per heavy atom. The van der Waals surface area contributed by atoms with Gasteiger partial charge in [0.1, 0.15) is 6.61 Å². The molecule has 6 heteroatoms. The van der Waals surface area contributed by atoms with E-state index in [0.29, 0.717) is 35.9 Å². The van der Waals surface area contributed by atoms with Crippen LogP contribution in [-0.4, -0.2) is 37.4 Å². The van der Waals surface area contributed by atoms with Crippen molar-refractivity contribution in [3.63, 3.8) is 0 Å². The van der Waals surface area contributed by atoms with E-state index in [1.165, 1.54) is 0 Å². The largest absolute Gasteiger partial charge is 0.493 e. The molecule has 1 atom stereocenters. The number of aliphatic hydroxyl groups excluding tert-OH is 1. The van der Waals surface area contributed by atoms with Gasteiger partial charge in [-0.2, -0.15) is 0 Å². The molecule has 156 valence electrons. The fourth-order valence-corrected chi connectivity index (χ4v) is 3.84. The molecule has 2 aromatic carbocycles. The van der Waals surface area contributed by atoms with Crippen LogP contribution in [0.5, 0.6) is 11.5 Å². The smallest absolute Gasteiger partial charge is 0.255 e. The lowest BCUT2D eigenvalue weighted by Gasteiger charge is -2.20. The van der Waals surface area contributed by atoms with E-state index in [1.807, 2.05) is 37.3 Å². The molecule has 1 aliphatic carbocycles. The minimum atomic E-state index is -0.525. The summed E-state index contributed by atoms with van der Waals surface area (Å²) in [7, 11) is 1.56. The van der Waals surface area contributed by atoms with E-state index >= 15 is 0 Å². The summed E-state index contributed by atoms with van der Waals surface area (Å²) < 4.78 is 11.1. The zero-order valence-electron chi connectivity index (χ0n) is 17.0. The van der Waals surface area contributed by atoms with Gasteiger partial charge in [-0.05, 0) is 47.4 Å². The molecule has 4 rings (SSSR count). The van der Waals surface area contributed by atoms with E-state index < -0.39 is 6.10 Å². The lowest BCUT2D eigenvalue weighted by atomic mass is 10.0. The summed E-state index contributed by atoms with van der Waals surface area (Å²) in [5, 5.41) is 10.4. The number of allylic oxidation sites excluding steroid dienone is 1. The Bertz CT molecular complexity index is 1030. The predicted molar refractivity (Wildman–Crippen MR) is 118 cm³/mol. The summed E-state index contributed by atoms with van der Waals surface area (Å²) in [6.45, 7) is 2.62. The van der Waals surface area contributed by atoms with Crippen LogP contribution in [0.1, 0.15) is 25.3 Å². The van der Waals surface area contributed by atoms with Gasteiger partial charge in [0.25, 0.3) is 5.91 Å². The number of hydrogen-bond donors (Lipinski definition) is 1. The second-order valence-electron chi connectivity index (χ2n) is 7.46. The monoisotopic (exact) mass is 425 g/mol. The number of aliphatic hydroxyl groups is 1. The van der Waals surface area contributed by atoms with Gasteiger partial charge in [-0.25, -0.2) is 0 Å². The number of carbonyl (C=O) groups is 1. The molecule has 1 aliphatic heterocycles. The molecule has 0 radical (unpaired) electrons. The maximum absolute atomic E-state index is 13.1. The Hall–Kier alpha value is -2.76. The second kappa shape index (κ2) is 8.54. The third-order valence-electron chi connectivity index (χ3n) is 5.51. The number of amides is 1. The second-order valence-corrected chi connectivity index (χ2v) is 7.89. The van der Waals surface area contributed by atoms with Gasteiger partial charge in [0.2, 0.25) is 0 Å². The van der Waals surface area contributed by atoms with Gasteiger partial charge in [-0.3, -0.25) is 4.79 Å². The zero-order valence-corrected chi connectivity index (χ0v) is 17.8. The molecule has 5 nitrogen and oxygen atoms in total. The fourth-order valence-electron chi connectivity index (χ4n) is 3.72. The molecule has 0 aromatic heterocycles. The van der Waals surface area contributed by atoms with Crippen LogP contribution in [0.15, 0.2) is 59.7 Å². The quantitative estimate of drug-likeness (QED) is 0.702. The van der Waals surface area contributed by atoms with E-state index in [4.69, 9.17) is 21.1 Å². The van der Waals surface area contributed by atoms with E-state index in [9.17, 15) is 9.90 Å². The molecule has 0 saturated heterocycles. The molecule has 30 heavy (non-hydrogen) atoms. The van der Waals surface area contributed by atoms with Gasteiger partial charge in [-0.15, -0.1) is 0 Å². The summed E-state index contributed by atoms with van der Waals surface area (Å²) in [6.07, 6.45) is 2.82. The van der Waals surface area contributed by atoms with Crippen molar-refractivity contribution in [1.29, 1.82) is 0 Å². The number of carbonyl (C=O) groups excluding carboxylic acids is 1. The molecule has 0 saturated carbocycles. The van der Waals surface area contributed by atoms with Crippen molar-refractivity contribution in [2.24, 2.45) is 0 Å². The summed E-state index contributed by atoms with van der Waals surface area (Å²) in [6, 6.07) is 13.1. The molecule has 2 aliphatic rings. The van der Waals surface area contributed by atoms with Crippen molar-refractivity contribution >= 4 is 28.8 Å². The molecule has 1 N–H and O–H groups in total. The molecule has 0 bridgehead atoms. The van der Waals surface area contributed by atoms with Crippen molar-refractivity contribution in [3.05, 3.63) is 70.3 Å². The van der Waals surface area contributed by atoms with Crippen LogP contribution in [0.25, 0.3) is 5.57 Å². The van der Waals surface area contributed by atoms with Crippen molar-refractivity contribution in [3.8, 4) is 11.5 Å². The number of nitrogens with zero attached hydrogens (tertiary/aromatic N) is 1. The first-order valence-corrected chi connectivity index (χ1v) is 10.4. The van der Waals surface area contributed by atoms with Gasteiger partial charge in [0.05, 0.1) is 19.8 Å². The first kappa shape index (κ1) is 20.5. The first-order chi connectivity index (χ1) is 14.5. The minimum absolute atomic E-state index is 0.0161. The maximum atomic E-state index is 13.1. The Kier molecular flexibility index (Phi) is 5.84. The molecule has 1 heterocycles. The van der Waals surface area contributed by atoms with Gasteiger partial charge >= 0.3 is 0 Å². The standard InChI is InChI=1S/C24H24ClNO4/c1-3-20(27)14-30-22-9-8-19(12-23(22)29-2)26-13-17-10-16(11-21(17)24(26)28)15-4-6-18(25)7-5-15/h4-10,12,20,27H,3,11,13-14H2,1-2H3. The Balaban J connectivity index is 1.50. The summed E-state index contributed by atoms with van der Waals surface area (Å²) in [5.41, 5.74) is 4.88. The minimum Gasteiger partial charge on any atom is -0.493 e. The number of benzene rings is 2. The Labute approximate surface area is 181 Å². The molecular formula is C24H24ClNO4. The number of hydrogen-bond acceptors (Lipinski definition) is 4. The highest BCUT2D eigenvalue weighted by Gasteiger charge is 2.34. The fraction of sp³-hybridized carbons (Fsp3) is 0.292. The average molecular weight is 426 g/mol. The van der Waals surface area contributed by atoms with E-state index in [1.54, 1.807) is 24.1 Å². The van der Waals surface area contributed by atoms with Crippen LogP contribution >= 0.6 is 11.6 Å². The Morgan fingerprint density at radius 3 is 2.60 bits per heavy atom. The molecular weight excluding hydrogens is 402 g/mol. The molecule has 1 unspecified atom stereocenters. The van der Waals surface area contributed by atoms with Crippen LogP contribution in [0.3, 0.4) is 0 Å². The normalized spacial score (nSPS) is 16.6. The lowest BCUT2D eigenvalue weighted by Crippen LogP contribution is -2.27. The van der Waals surface area contributed by atoms with Gasteiger partial charge in [-0.1, -0.05) is 36.7 Å². The first-order valence-electron chi connectivity index (χ1n) is 9.99. The molecule has 2 aromatic rings. The van der Waals surface area contributed by atoms with Crippen molar-refractivity contribution in [2.75, 3.05) is 25.2 Å². The summed E-state index contributed by atoms with van der Waals surface area (Å²) in [4.78, 5) is 14.8. The van der Waals surface area contributed by atoms with Crippen LogP contribution in [-0.2, 0) is 4.79 Å². The van der Waals surface area contributed by atoms with Gasteiger partial charge in [0.15, 0.2) is 11.5 Å². The lowest BCUT2D eigenvalue weighted by molar-refractivity contribution is -0.114. The van der Waals surface area contributed by atoms with Crippen molar-refractivity contribution in [2.45, 2.75) is 25.9 Å². The highest BCUT2D eigenvalue weighted by atomic mass is 35.5.